The Morgan fingerprint density at radius 2 is 2.18 bits per heavy atom. The van der Waals surface area contributed by atoms with E-state index in [0.717, 1.165) is 0 Å². The van der Waals surface area contributed by atoms with Crippen molar-refractivity contribution in [2.75, 3.05) is 6.54 Å². The average molecular weight is 254 g/mol. The summed E-state index contributed by atoms with van der Waals surface area (Å²) in [6.45, 7) is 3.13. The first-order valence-electron chi connectivity index (χ1n) is 5.05. The quantitative estimate of drug-likeness (QED) is 0.820. The number of nitrogens with one attached hydrogen (secondary N) is 1. The third-order valence-electron chi connectivity index (χ3n) is 2.20. The van der Waals surface area contributed by atoms with E-state index in [1.807, 2.05) is 6.07 Å². The van der Waals surface area contributed by atoms with Gasteiger partial charge in [0.1, 0.15) is 0 Å². The van der Waals surface area contributed by atoms with Gasteiger partial charge in [-0.1, -0.05) is 0 Å². The highest BCUT2D eigenvalue weighted by Gasteiger charge is 2.15. The lowest BCUT2D eigenvalue weighted by atomic mass is 10.1. The SMILES string of the molecule is Cc1cc(S(=O)(=O)NC[C@@H](C)O)ccc1C#N. The molecule has 0 aliphatic rings. The molecular formula is C11H14N2O3S. The van der Waals surface area contributed by atoms with E-state index in [-0.39, 0.29) is 11.4 Å². The van der Waals surface area contributed by atoms with E-state index in [9.17, 15) is 8.42 Å². The Morgan fingerprint density at radius 3 is 2.65 bits per heavy atom. The van der Waals surface area contributed by atoms with Gasteiger partial charge in [-0.05, 0) is 37.6 Å². The summed E-state index contributed by atoms with van der Waals surface area (Å²) in [5.41, 5.74) is 1.05. The minimum atomic E-state index is -3.62. The van der Waals surface area contributed by atoms with Crippen LogP contribution in [-0.4, -0.2) is 26.2 Å². The van der Waals surface area contributed by atoms with Crippen molar-refractivity contribution in [1.29, 1.82) is 5.26 Å². The van der Waals surface area contributed by atoms with Crippen molar-refractivity contribution in [3.05, 3.63) is 29.3 Å². The molecule has 1 aromatic carbocycles. The zero-order chi connectivity index (χ0) is 13.1. The molecular weight excluding hydrogens is 240 g/mol. The van der Waals surface area contributed by atoms with Gasteiger partial charge in [0.25, 0.3) is 0 Å². The van der Waals surface area contributed by atoms with Crippen molar-refractivity contribution >= 4 is 10.0 Å². The van der Waals surface area contributed by atoms with E-state index < -0.39 is 16.1 Å². The zero-order valence-electron chi connectivity index (χ0n) is 9.64. The molecule has 0 aliphatic heterocycles. The fourth-order valence-corrected chi connectivity index (χ4v) is 2.45. The molecule has 0 aromatic heterocycles. The molecule has 0 unspecified atom stereocenters. The van der Waals surface area contributed by atoms with Crippen molar-refractivity contribution < 1.29 is 13.5 Å². The summed E-state index contributed by atoms with van der Waals surface area (Å²) < 4.78 is 25.8. The molecule has 0 aliphatic carbocycles. The van der Waals surface area contributed by atoms with Gasteiger partial charge in [-0.3, -0.25) is 0 Å². The van der Waals surface area contributed by atoms with E-state index in [1.54, 1.807) is 6.92 Å². The maximum atomic E-state index is 11.8. The predicted molar refractivity (Wildman–Crippen MR) is 62.8 cm³/mol. The molecule has 1 aromatic rings. The van der Waals surface area contributed by atoms with Crippen LogP contribution in [0, 0.1) is 18.3 Å². The van der Waals surface area contributed by atoms with Crippen molar-refractivity contribution in [2.45, 2.75) is 24.8 Å². The summed E-state index contributed by atoms with van der Waals surface area (Å²) in [4.78, 5) is 0.0923. The second kappa shape index (κ2) is 5.27. The molecule has 92 valence electrons. The first-order valence-corrected chi connectivity index (χ1v) is 6.53. The molecule has 0 spiro atoms. The maximum absolute atomic E-state index is 11.8. The predicted octanol–water partition coefficient (Wildman–Crippen LogP) is 0.526. The van der Waals surface area contributed by atoms with Crippen LogP contribution in [0.4, 0.5) is 0 Å². The lowest BCUT2D eigenvalue weighted by Crippen LogP contribution is -2.30. The lowest BCUT2D eigenvalue weighted by Gasteiger charge is -2.09. The maximum Gasteiger partial charge on any atom is 0.240 e. The summed E-state index contributed by atoms with van der Waals surface area (Å²) in [6.07, 6.45) is -0.746. The van der Waals surface area contributed by atoms with Gasteiger partial charge in [-0.15, -0.1) is 0 Å². The van der Waals surface area contributed by atoms with Gasteiger partial charge in [0.05, 0.1) is 22.6 Å². The van der Waals surface area contributed by atoms with Gasteiger partial charge in [-0.2, -0.15) is 5.26 Å². The Morgan fingerprint density at radius 1 is 1.53 bits per heavy atom. The van der Waals surface area contributed by atoms with Gasteiger partial charge in [0.2, 0.25) is 10.0 Å². The van der Waals surface area contributed by atoms with E-state index in [4.69, 9.17) is 10.4 Å². The summed E-state index contributed by atoms with van der Waals surface area (Å²) in [5, 5.41) is 17.8. The van der Waals surface area contributed by atoms with Gasteiger partial charge in [0.15, 0.2) is 0 Å². The van der Waals surface area contributed by atoms with E-state index in [1.165, 1.54) is 25.1 Å². The fourth-order valence-electron chi connectivity index (χ4n) is 1.24. The Bertz CT molecular complexity index is 544. The summed E-state index contributed by atoms with van der Waals surface area (Å²) in [5.74, 6) is 0. The average Bonchev–Trinajstić information content (AvgIpc) is 2.26. The first-order chi connectivity index (χ1) is 7.86. The van der Waals surface area contributed by atoms with Gasteiger partial charge in [-0.25, -0.2) is 13.1 Å². The number of nitriles is 1. The largest absolute Gasteiger partial charge is 0.392 e. The number of rotatable bonds is 4. The monoisotopic (exact) mass is 254 g/mol. The number of hydrogen-bond donors (Lipinski definition) is 2. The Kier molecular flexibility index (Phi) is 4.23. The van der Waals surface area contributed by atoms with E-state index in [2.05, 4.69) is 4.72 Å². The molecule has 0 radical (unpaired) electrons. The number of sulfonamides is 1. The highest BCUT2D eigenvalue weighted by atomic mass is 32.2. The number of nitrogens with zero attached hydrogens (tertiary/aromatic N) is 1. The third-order valence-corrected chi connectivity index (χ3v) is 3.62. The molecule has 0 heterocycles. The Labute approximate surface area is 101 Å². The van der Waals surface area contributed by atoms with Gasteiger partial charge >= 0.3 is 0 Å². The van der Waals surface area contributed by atoms with Crippen molar-refractivity contribution in [1.82, 2.24) is 4.72 Å². The smallest absolute Gasteiger partial charge is 0.240 e. The molecule has 0 amide bonds. The van der Waals surface area contributed by atoms with Crippen LogP contribution in [0.3, 0.4) is 0 Å². The second-order valence-electron chi connectivity index (χ2n) is 3.79. The molecule has 0 saturated carbocycles. The van der Waals surface area contributed by atoms with Gasteiger partial charge in [0, 0.05) is 6.54 Å². The van der Waals surface area contributed by atoms with Crippen LogP contribution in [0.1, 0.15) is 18.1 Å². The van der Waals surface area contributed by atoms with Crippen LogP contribution in [0.2, 0.25) is 0 Å². The van der Waals surface area contributed by atoms with Crippen LogP contribution in [0.25, 0.3) is 0 Å². The first kappa shape index (κ1) is 13.6. The summed E-state index contributed by atoms with van der Waals surface area (Å²) in [6, 6.07) is 6.24. The Hall–Kier alpha value is -1.42. The zero-order valence-corrected chi connectivity index (χ0v) is 10.5. The molecule has 1 atom stereocenters. The minimum absolute atomic E-state index is 0.0403. The number of aryl methyl sites for hydroxylation is 1. The van der Waals surface area contributed by atoms with E-state index >= 15 is 0 Å². The second-order valence-corrected chi connectivity index (χ2v) is 5.56. The molecule has 6 heteroatoms. The number of benzene rings is 1. The summed E-state index contributed by atoms with van der Waals surface area (Å²) in [7, 11) is -3.62. The van der Waals surface area contributed by atoms with Crippen LogP contribution in [-0.2, 0) is 10.0 Å². The molecule has 0 saturated heterocycles. The topological polar surface area (TPSA) is 90.2 Å². The van der Waals surface area contributed by atoms with Crippen molar-refractivity contribution in [3.63, 3.8) is 0 Å². The minimum Gasteiger partial charge on any atom is -0.392 e. The normalized spacial score (nSPS) is 13.1. The molecule has 0 fully saturated rings. The molecule has 1 rings (SSSR count). The number of aliphatic hydroxyl groups excluding tert-OH is 1. The van der Waals surface area contributed by atoms with Crippen LogP contribution >= 0.6 is 0 Å². The highest BCUT2D eigenvalue weighted by molar-refractivity contribution is 7.89. The van der Waals surface area contributed by atoms with Gasteiger partial charge < -0.3 is 5.11 Å². The van der Waals surface area contributed by atoms with Crippen molar-refractivity contribution in [3.8, 4) is 6.07 Å². The third kappa shape index (κ3) is 3.53. The highest BCUT2D eigenvalue weighted by Crippen LogP contribution is 2.14. The van der Waals surface area contributed by atoms with E-state index in [0.29, 0.717) is 11.1 Å². The van der Waals surface area contributed by atoms with Crippen LogP contribution < -0.4 is 4.72 Å². The molecule has 2 N–H and O–H groups in total. The Balaban J connectivity index is 3.01. The fraction of sp³-hybridized carbons (Fsp3) is 0.364. The number of hydrogen-bond acceptors (Lipinski definition) is 4. The van der Waals surface area contributed by atoms with Crippen LogP contribution in [0.15, 0.2) is 23.1 Å². The van der Waals surface area contributed by atoms with Crippen LogP contribution in [0.5, 0.6) is 0 Å². The lowest BCUT2D eigenvalue weighted by molar-refractivity contribution is 0.198. The standard InChI is InChI=1S/C11H14N2O3S/c1-8-5-11(4-3-10(8)6-12)17(15,16)13-7-9(2)14/h3-5,9,13-14H,7H2,1-2H3/t9-/m1/s1. The van der Waals surface area contributed by atoms with Crippen molar-refractivity contribution in [2.24, 2.45) is 0 Å². The number of aliphatic hydroxyl groups is 1. The molecule has 0 bridgehead atoms. The summed E-state index contributed by atoms with van der Waals surface area (Å²) >= 11 is 0. The molecule has 5 nitrogen and oxygen atoms in total. The molecule has 17 heavy (non-hydrogen) atoms.